The fourth-order valence-electron chi connectivity index (χ4n) is 3.98. The Morgan fingerprint density at radius 3 is 2.83 bits per heavy atom. The summed E-state index contributed by atoms with van der Waals surface area (Å²) in [6, 6.07) is 9.80. The molecule has 0 aliphatic carbocycles. The Morgan fingerprint density at radius 1 is 1.14 bits per heavy atom. The predicted molar refractivity (Wildman–Crippen MR) is 137 cm³/mol. The first-order valence-electron chi connectivity index (χ1n) is 11.3. The lowest BCUT2D eigenvalue weighted by Gasteiger charge is -2.16. The molecule has 0 aliphatic rings. The highest BCUT2D eigenvalue weighted by molar-refractivity contribution is 7.22. The molecule has 0 aliphatic heterocycles. The van der Waals surface area contributed by atoms with Gasteiger partial charge in [0.1, 0.15) is 0 Å². The molecule has 5 rings (SSSR count). The average Bonchev–Trinajstić information content (AvgIpc) is 3.54. The fourth-order valence-corrected chi connectivity index (χ4v) is 5.22. The van der Waals surface area contributed by atoms with Gasteiger partial charge in [0.2, 0.25) is 11.9 Å². The minimum atomic E-state index is -0.492. The van der Waals surface area contributed by atoms with Crippen LogP contribution in [0.4, 0.5) is 10.3 Å². The van der Waals surface area contributed by atoms with Gasteiger partial charge in [0.25, 0.3) is 0 Å². The number of nitrogens with zero attached hydrogens (tertiary/aromatic N) is 6. The number of aromatic nitrogens is 6. The van der Waals surface area contributed by atoms with E-state index in [2.05, 4.69) is 43.0 Å². The zero-order valence-electron chi connectivity index (χ0n) is 19.7. The summed E-state index contributed by atoms with van der Waals surface area (Å²) in [5.41, 5.74) is 4.64. The molecule has 5 aromatic rings. The summed E-state index contributed by atoms with van der Waals surface area (Å²) in [5, 5.41) is 15.4. The summed E-state index contributed by atoms with van der Waals surface area (Å²) in [5.74, 6) is 0.0684. The van der Waals surface area contributed by atoms with Crippen molar-refractivity contribution in [3.8, 4) is 21.7 Å². The largest absolute Gasteiger partial charge is 0.352 e. The summed E-state index contributed by atoms with van der Waals surface area (Å²) in [7, 11) is 1.89. The van der Waals surface area contributed by atoms with Crippen LogP contribution in [-0.2, 0) is 6.54 Å². The van der Waals surface area contributed by atoms with E-state index >= 15 is 0 Å². The number of halogens is 1. The summed E-state index contributed by atoms with van der Waals surface area (Å²) in [4.78, 5) is 14.2. The first-order chi connectivity index (χ1) is 17.0. The van der Waals surface area contributed by atoms with Crippen LogP contribution < -0.4 is 10.6 Å². The van der Waals surface area contributed by atoms with Crippen LogP contribution in [0.15, 0.2) is 55.1 Å². The van der Waals surface area contributed by atoms with Crippen LogP contribution in [0.25, 0.3) is 31.8 Å². The molecule has 0 spiro atoms. The second kappa shape index (κ2) is 9.85. The number of benzene rings is 1. The number of hydrogen-bond donors (Lipinski definition) is 2. The minimum Gasteiger partial charge on any atom is -0.352 e. The van der Waals surface area contributed by atoms with Crippen molar-refractivity contribution in [2.75, 3.05) is 18.9 Å². The SMILES string of the molecule is CN[C@@H](C)c1cnc(F)cc1-c1cccc2cc(-c3nc(NCCn4ccnn4)ncc3C)sc12. The van der Waals surface area contributed by atoms with Gasteiger partial charge in [-0.05, 0) is 49.0 Å². The van der Waals surface area contributed by atoms with Gasteiger partial charge >= 0.3 is 0 Å². The molecular formula is C25H25FN8S. The van der Waals surface area contributed by atoms with E-state index in [9.17, 15) is 4.39 Å². The number of thiophene rings is 1. The highest BCUT2D eigenvalue weighted by Gasteiger charge is 2.18. The highest BCUT2D eigenvalue weighted by atomic mass is 32.1. The van der Waals surface area contributed by atoms with Gasteiger partial charge in [-0.3, -0.25) is 4.68 Å². The minimum absolute atomic E-state index is 0.0306. The first kappa shape index (κ1) is 23.0. The molecule has 10 heteroatoms. The van der Waals surface area contributed by atoms with E-state index in [1.54, 1.807) is 28.4 Å². The van der Waals surface area contributed by atoms with Crippen LogP contribution in [0.2, 0.25) is 0 Å². The van der Waals surface area contributed by atoms with E-state index < -0.39 is 5.95 Å². The number of anilines is 1. The molecule has 0 amide bonds. The second-order valence-electron chi connectivity index (χ2n) is 8.26. The van der Waals surface area contributed by atoms with Gasteiger partial charge in [-0.15, -0.1) is 16.4 Å². The van der Waals surface area contributed by atoms with E-state index in [0.29, 0.717) is 19.0 Å². The predicted octanol–water partition coefficient (Wildman–Crippen LogP) is 4.85. The van der Waals surface area contributed by atoms with Crippen molar-refractivity contribution < 1.29 is 4.39 Å². The monoisotopic (exact) mass is 488 g/mol. The molecule has 0 radical (unpaired) electrons. The number of pyridine rings is 1. The molecule has 8 nitrogen and oxygen atoms in total. The van der Waals surface area contributed by atoms with Crippen LogP contribution >= 0.6 is 11.3 Å². The second-order valence-corrected chi connectivity index (χ2v) is 9.31. The molecule has 0 fully saturated rings. The van der Waals surface area contributed by atoms with Gasteiger partial charge in [0, 0.05) is 47.5 Å². The molecule has 178 valence electrons. The van der Waals surface area contributed by atoms with Crippen LogP contribution in [-0.4, -0.2) is 43.5 Å². The molecule has 1 atom stereocenters. The molecule has 0 unspecified atom stereocenters. The third-order valence-corrected chi connectivity index (χ3v) is 7.13. The van der Waals surface area contributed by atoms with Gasteiger partial charge < -0.3 is 10.6 Å². The Labute approximate surface area is 206 Å². The number of hydrogen-bond acceptors (Lipinski definition) is 8. The molecule has 1 aromatic carbocycles. The van der Waals surface area contributed by atoms with Crippen molar-refractivity contribution in [2.45, 2.75) is 26.4 Å². The first-order valence-corrected chi connectivity index (χ1v) is 12.1. The molecule has 35 heavy (non-hydrogen) atoms. The Bertz CT molecular complexity index is 1460. The third-order valence-electron chi connectivity index (χ3n) is 5.94. The third kappa shape index (κ3) is 4.75. The summed E-state index contributed by atoms with van der Waals surface area (Å²) in [6.07, 6.45) is 6.91. The van der Waals surface area contributed by atoms with E-state index in [4.69, 9.17) is 4.98 Å². The lowest BCUT2D eigenvalue weighted by molar-refractivity contribution is 0.577. The highest BCUT2D eigenvalue weighted by Crippen LogP contribution is 2.41. The van der Waals surface area contributed by atoms with E-state index in [0.717, 1.165) is 42.9 Å². The normalized spacial score (nSPS) is 12.2. The lowest BCUT2D eigenvalue weighted by Crippen LogP contribution is -2.14. The lowest BCUT2D eigenvalue weighted by atomic mass is 9.96. The average molecular weight is 489 g/mol. The number of fused-ring (bicyclic) bond motifs is 1. The van der Waals surface area contributed by atoms with Crippen molar-refractivity contribution >= 4 is 27.4 Å². The van der Waals surface area contributed by atoms with Gasteiger partial charge in [0.15, 0.2) is 0 Å². The molecule has 4 aromatic heterocycles. The molecular weight excluding hydrogens is 463 g/mol. The Balaban J connectivity index is 1.51. The molecule has 4 heterocycles. The molecule has 0 saturated heterocycles. The molecule has 0 bridgehead atoms. The summed E-state index contributed by atoms with van der Waals surface area (Å²) < 4.78 is 17.0. The van der Waals surface area contributed by atoms with Crippen molar-refractivity contribution in [3.05, 3.63) is 72.2 Å². The maximum Gasteiger partial charge on any atom is 0.223 e. The fraction of sp³-hybridized carbons (Fsp3) is 0.240. The van der Waals surface area contributed by atoms with Crippen LogP contribution in [0, 0.1) is 12.9 Å². The Hall–Kier alpha value is -3.76. The van der Waals surface area contributed by atoms with Gasteiger partial charge in [-0.1, -0.05) is 23.4 Å². The van der Waals surface area contributed by atoms with Crippen LogP contribution in [0.3, 0.4) is 0 Å². The van der Waals surface area contributed by atoms with E-state index in [-0.39, 0.29) is 6.04 Å². The van der Waals surface area contributed by atoms with Crippen LogP contribution in [0.1, 0.15) is 24.1 Å². The zero-order valence-corrected chi connectivity index (χ0v) is 20.5. The Morgan fingerprint density at radius 2 is 2.03 bits per heavy atom. The standard InChI is InChI=1S/C25H25FN8S/c1-15-13-30-25(28-7-9-34-10-8-31-33-34)32-23(15)21-11-17-5-4-6-18(24(17)35-21)19-12-22(26)29-14-20(19)16(2)27-3/h4-6,8,10-14,16,27H,7,9H2,1-3H3,(H,28,30,32)/t16-/m0/s1. The number of aryl methyl sites for hydroxylation is 1. The van der Waals surface area contributed by atoms with Gasteiger partial charge in [-0.2, -0.15) is 4.39 Å². The van der Waals surface area contributed by atoms with Crippen molar-refractivity contribution in [2.24, 2.45) is 0 Å². The summed E-state index contributed by atoms with van der Waals surface area (Å²) >= 11 is 1.65. The van der Waals surface area contributed by atoms with Gasteiger partial charge in [0.05, 0.1) is 23.3 Å². The Kier molecular flexibility index (Phi) is 6.47. The maximum atomic E-state index is 14.2. The number of rotatable bonds is 8. The van der Waals surface area contributed by atoms with Crippen molar-refractivity contribution in [1.29, 1.82) is 0 Å². The maximum absolute atomic E-state index is 14.2. The summed E-state index contributed by atoms with van der Waals surface area (Å²) in [6.45, 7) is 5.34. The van der Waals surface area contributed by atoms with Crippen molar-refractivity contribution in [1.82, 2.24) is 35.3 Å². The zero-order chi connectivity index (χ0) is 24.4. The van der Waals surface area contributed by atoms with Crippen molar-refractivity contribution in [3.63, 3.8) is 0 Å². The quantitative estimate of drug-likeness (QED) is 0.302. The van der Waals surface area contributed by atoms with Gasteiger partial charge in [-0.25, -0.2) is 15.0 Å². The van der Waals surface area contributed by atoms with E-state index in [1.165, 1.54) is 6.07 Å². The number of nitrogens with one attached hydrogen (secondary N) is 2. The molecule has 2 N–H and O–H groups in total. The molecule has 0 saturated carbocycles. The smallest absolute Gasteiger partial charge is 0.223 e. The van der Waals surface area contributed by atoms with Crippen LogP contribution in [0.5, 0.6) is 0 Å². The van der Waals surface area contributed by atoms with E-state index in [1.807, 2.05) is 45.4 Å². The topological polar surface area (TPSA) is 93.4 Å².